The van der Waals surface area contributed by atoms with E-state index in [4.69, 9.17) is 14.5 Å². The van der Waals surface area contributed by atoms with Gasteiger partial charge in [-0.05, 0) is 30.2 Å². The fourth-order valence-corrected chi connectivity index (χ4v) is 5.99. The molecule has 5 aromatic rings. The van der Waals surface area contributed by atoms with Gasteiger partial charge in [-0.15, -0.1) is 0 Å². The number of carbonyl (C=O) groups excluding carboxylic acids is 1. The van der Waals surface area contributed by atoms with Crippen LogP contribution in [0.3, 0.4) is 0 Å². The molecule has 0 radical (unpaired) electrons. The van der Waals surface area contributed by atoms with Crippen molar-refractivity contribution >= 4 is 29.1 Å². The van der Waals surface area contributed by atoms with Gasteiger partial charge < -0.3 is 9.47 Å². The molecule has 1 aromatic heterocycles. The van der Waals surface area contributed by atoms with E-state index in [0.717, 1.165) is 22.3 Å². The maximum absolute atomic E-state index is 14.1. The molecule has 2 heterocycles. The van der Waals surface area contributed by atoms with Crippen molar-refractivity contribution in [3.8, 4) is 5.75 Å². The molecule has 0 amide bonds. The van der Waals surface area contributed by atoms with Crippen LogP contribution < -0.4 is 19.6 Å². The Morgan fingerprint density at radius 3 is 2.24 bits per heavy atom. The van der Waals surface area contributed by atoms with Crippen LogP contribution in [0.1, 0.15) is 35.2 Å². The number of esters is 1. The van der Waals surface area contributed by atoms with Crippen LogP contribution in [0.2, 0.25) is 0 Å². The summed E-state index contributed by atoms with van der Waals surface area (Å²) in [6.45, 7) is 2.38. The number of thiazole rings is 1. The van der Waals surface area contributed by atoms with Crippen LogP contribution in [0, 0.1) is 0 Å². The molecule has 0 bridgehead atoms. The first-order valence-electron chi connectivity index (χ1n) is 13.7. The fraction of sp³-hybridized carbons (Fsp3) is 0.114. The van der Waals surface area contributed by atoms with E-state index in [1.807, 2.05) is 121 Å². The van der Waals surface area contributed by atoms with Crippen LogP contribution in [0.15, 0.2) is 131 Å². The van der Waals surface area contributed by atoms with Gasteiger partial charge in [-0.2, -0.15) is 0 Å². The molecule has 6 rings (SSSR count). The normalized spacial score (nSPS) is 14.7. The van der Waals surface area contributed by atoms with Crippen LogP contribution in [-0.4, -0.2) is 17.1 Å². The number of hydrogen-bond acceptors (Lipinski definition) is 6. The van der Waals surface area contributed by atoms with E-state index in [2.05, 4.69) is 0 Å². The van der Waals surface area contributed by atoms with Gasteiger partial charge in [0, 0.05) is 11.1 Å². The zero-order valence-electron chi connectivity index (χ0n) is 23.0. The Labute approximate surface area is 247 Å². The predicted octanol–water partition coefficient (Wildman–Crippen LogP) is 5.51. The van der Waals surface area contributed by atoms with Gasteiger partial charge in [-0.1, -0.05) is 121 Å². The quantitative estimate of drug-likeness (QED) is 0.230. The third kappa shape index (κ3) is 5.47. The Bertz CT molecular complexity index is 1930. The van der Waals surface area contributed by atoms with Crippen molar-refractivity contribution in [1.82, 2.24) is 4.57 Å². The molecule has 42 heavy (non-hydrogen) atoms. The SMILES string of the molecule is CCOC(=O)C1=C(c2ccccc2)N=c2s/c(=C/c3ccccc3OCc3ccccc3)c(=O)n2[C@@H]1c1ccccc1. The highest BCUT2D eigenvalue weighted by atomic mass is 32.1. The minimum absolute atomic E-state index is 0.204. The van der Waals surface area contributed by atoms with Crippen LogP contribution in [0.25, 0.3) is 11.8 Å². The van der Waals surface area contributed by atoms with Gasteiger partial charge in [0.1, 0.15) is 12.4 Å². The number of ether oxygens (including phenoxy) is 2. The van der Waals surface area contributed by atoms with Crippen molar-refractivity contribution in [2.45, 2.75) is 19.6 Å². The molecule has 0 saturated carbocycles. The first-order valence-corrected chi connectivity index (χ1v) is 14.5. The summed E-state index contributed by atoms with van der Waals surface area (Å²) < 4.78 is 13.8. The fourth-order valence-electron chi connectivity index (χ4n) is 5.00. The second-order valence-corrected chi connectivity index (χ2v) is 10.7. The Kier molecular flexibility index (Phi) is 7.92. The Morgan fingerprint density at radius 2 is 1.52 bits per heavy atom. The smallest absolute Gasteiger partial charge is 0.338 e. The Balaban J connectivity index is 1.52. The first kappa shape index (κ1) is 27.2. The molecule has 1 aliphatic rings. The maximum atomic E-state index is 14.1. The molecule has 208 valence electrons. The highest BCUT2D eigenvalue weighted by Gasteiger charge is 2.35. The second kappa shape index (κ2) is 12.2. The average molecular weight is 573 g/mol. The van der Waals surface area contributed by atoms with Crippen molar-refractivity contribution in [2.24, 2.45) is 4.99 Å². The molecule has 0 aliphatic carbocycles. The van der Waals surface area contributed by atoms with Crippen molar-refractivity contribution in [3.05, 3.63) is 163 Å². The van der Waals surface area contributed by atoms with E-state index in [1.54, 1.807) is 11.5 Å². The van der Waals surface area contributed by atoms with Gasteiger partial charge in [0.2, 0.25) is 0 Å². The van der Waals surface area contributed by atoms with Crippen molar-refractivity contribution < 1.29 is 14.3 Å². The molecule has 0 fully saturated rings. The Hall–Kier alpha value is -5.01. The van der Waals surface area contributed by atoms with Crippen molar-refractivity contribution in [3.63, 3.8) is 0 Å². The van der Waals surface area contributed by atoms with Gasteiger partial charge in [-0.3, -0.25) is 9.36 Å². The largest absolute Gasteiger partial charge is 0.488 e. The van der Waals surface area contributed by atoms with E-state index in [9.17, 15) is 9.59 Å². The second-order valence-electron chi connectivity index (χ2n) is 9.65. The molecule has 6 nitrogen and oxygen atoms in total. The van der Waals surface area contributed by atoms with Gasteiger partial charge in [0.15, 0.2) is 4.80 Å². The van der Waals surface area contributed by atoms with Gasteiger partial charge in [-0.25, -0.2) is 9.79 Å². The van der Waals surface area contributed by atoms with E-state index in [0.29, 0.717) is 33.0 Å². The topological polar surface area (TPSA) is 69.9 Å². The Morgan fingerprint density at radius 1 is 0.881 bits per heavy atom. The van der Waals surface area contributed by atoms with E-state index in [-0.39, 0.29) is 12.2 Å². The number of fused-ring (bicyclic) bond motifs is 1. The third-order valence-corrected chi connectivity index (χ3v) is 7.91. The van der Waals surface area contributed by atoms with Gasteiger partial charge >= 0.3 is 5.97 Å². The highest BCUT2D eigenvalue weighted by Crippen LogP contribution is 2.35. The lowest BCUT2D eigenvalue weighted by molar-refractivity contribution is -0.138. The predicted molar refractivity (Wildman–Crippen MR) is 165 cm³/mol. The molecule has 1 aliphatic heterocycles. The highest BCUT2D eigenvalue weighted by molar-refractivity contribution is 7.07. The number of hydrogen-bond donors (Lipinski definition) is 0. The van der Waals surface area contributed by atoms with Crippen LogP contribution in [0.5, 0.6) is 5.75 Å². The number of carbonyl (C=O) groups is 1. The number of aromatic nitrogens is 1. The molecular formula is C35H28N2O4S. The molecule has 4 aromatic carbocycles. The van der Waals surface area contributed by atoms with Gasteiger partial charge in [0.05, 0.1) is 28.5 Å². The first-order chi connectivity index (χ1) is 20.6. The number of para-hydroxylation sites is 1. The summed E-state index contributed by atoms with van der Waals surface area (Å²) in [6, 6.07) is 36.0. The summed E-state index contributed by atoms with van der Waals surface area (Å²) in [5.41, 5.74) is 4.00. The molecular weight excluding hydrogens is 544 g/mol. The van der Waals surface area contributed by atoms with Gasteiger partial charge in [0.25, 0.3) is 5.56 Å². The molecule has 0 spiro atoms. The summed E-state index contributed by atoms with van der Waals surface area (Å²) >= 11 is 1.29. The molecule has 0 unspecified atom stereocenters. The van der Waals surface area contributed by atoms with E-state index in [1.165, 1.54) is 11.3 Å². The van der Waals surface area contributed by atoms with E-state index >= 15 is 0 Å². The minimum Gasteiger partial charge on any atom is -0.488 e. The monoisotopic (exact) mass is 572 g/mol. The van der Waals surface area contributed by atoms with Crippen LogP contribution in [-0.2, 0) is 16.1 Å². The lowest BCUT2D eigenvalue weighted by Crippen LogP contribution is -2.40. The summed E-state index contributed by atoms with van der Waals surface area (Å²) in [6.07, 6.45) is 1.84. The molecule has 7 heteroatoms. The summed E-state index contributed by atoms with van der Waals surface area (Å²) in [5, 5.41) is 0. The molecule has 0 N–H and O–H groups in total. The molecule has 1 atom stereocenters. The summed E-state index contributed by atoms with van der Waals surface area (Å²) in [5.74, 6) is 0.173. The zero-order valence-corrected chi connectivity index (χ0v) is 23.8. The maximum Gasteiger partial charge on any atom is 0.338 e. The number of rotatable bonds is 8. The standard InChI is InChI=1S/C35H28N2O4S/c1-2-40-34(39)30-31(25-16-8-4-9-17-25)36-35-37(32(30)26-18-10-5-11-19-26)33(38)29(42-35)22-27-20-12-13-21-28(27)41-23-24-14-6-3-7-15-24/h3-22,32H,2,23H2,1H3/b29-22+/t32-/m1/s1. The summed E-state index contributed by atoms with van der Waals surface area (Å²) in [7, 11) is 0. The summed E-state index contributed by atoms with van der Waals surface area (Å²) in [4.78, 5) is 33.1. The van der Waals surface area contributed by atoms with E-state index < -0.39 is 12.0 Å². The van der Waals surface area contributed by atoms with Crippen LogP contribution >= 0.6 is 11.3 Å². The van der Waals surface area contributed by atoms with Crippen molar-refractivity contribution in [2.75, 3.05) is 6.61 Å². The number of nitrogens with zero attached hydrogens (tertiary/aromatic N) is 2. The lowest BCUT2D eigenvalue weighted by atomic mass is 9.93. The molecule has 0 saturated heterocycles. The zero-order chi connectivity index (χ0) is 28.9. The average Bonchev–Trinajstić information content (AvgIpc) is 3.35. The number of benzene rings is 4. The third-order valence-electron chi connectivity index (χ3n) is 6.93. The minimum atomic E-state index is -0.705. The lowest BCUT2D eigenvalue weighted by Gasteiger charge is -2.25. The van der Waals surface area contributed by atoms with Crippen LogP contribution in [0.4, 0.5) is 0 Å². The van der Waals surface area contributed by atoms with Crippen molar-refractivity contribution in [1.29, 1.82) is 0 Å².